The van der Waals surface area contributed by atoms with Gasteiger partial charge in [-0.25, -0.2) is 15.0 Å². The van der Waals surface area contributed by atoms with Gasteiger partial charge >= 0.3 is 0 Å². The highest BCUT2D eigenvalue weighted by Crippen LogP contribution is 2.24. The Hall–Kier alpha value is -2.87. The average Bonchev–Trinajstić information content (AvgIpc) is 3.44. The van der Waals surface area contributed by atoms with Gasteiger partial charge in [0, 0.05) is 42.6 Å². The molecule has 28 heavy (non-hydrogen) atoms. The van der Waals surface area contributed by atoms with E-state index in [-0.39, 0.29) is 5.91 Å². The van der Waals surface area contributed by atoms with Crippen LogP contribution in [0.4, 0.5) is 5.95 Å². The maximum Gasteiger partial charge on any atom is 0.255 e. The molecule has 1 saturated heterocycles. The SMILES string of the molecule is CCc1nc(CNC(=O)c2cnc(N3CCCC3)nc2-c2cccnc2)cs1. The van der Waals surface area contributed by atoms with Crippen molar-refractivity contribution in [3.05, 3.63) is 52.4 Å². The fraction of sp³-hybridized carbons (Fsp3) is 0.350. The third-order valence-electron chi connectivity index (χ3n) is 4.68. The van der Waals surface area contributed by atoms with Gasteiger partial charge < -0.3 is 10.2 Å². The number of aryl methyl sites for hydroxylation is 1. The van der Waals surface area contributed by atoms with E-state index in [4.69, 9.17) is 4.98 Å². The number of aromatic nitrogens is 4. The van der Waals surface area contributed by atoms with Crippen LogP contribution in [0.2, 0.25) is 0 Å². The predicted octanol–water partition coefficient (Wildman–Crippen LogP) is 3.09. The van der Waals surface area contributed by atoms with Gasteiger partial charge in [-0.05, 0) is 31.4 Å². The second-order valence-corrected chi connectivity index (χ2v) is 7.58. The third kappa shape index (κ3) is 4.01. The molecule has 1 fully saturated rings. The minimum atomic E-state index is -0.210. The molecule has 1 N–H and O–H groups in total. The number of nitrogens with one attached hydrogen (secondary N) is 1. The summed E-state index contributed by atoms with van der Waals surface area (Å²) in [5.74, 6) is 0.456. The monoisotopic (exact) mass is 394 g/mol. The molecule has 1 amide bonds. The van der Waals surface area contributed by atoms with Crippen LogP contribution in [0.15, 0.2) is 36.1 Å². The van der Waals surface area contributed by atoms with Crippen molar-refractivity contribution in [2.45, 2.75) is 32.7 Å². The van der Waals surface area contributed by atoms with Gasteiger partial charge in [-0.2, -0.15) is 0 Å². The van der Waals surface area contributed by atoms with E-state index in [1.807, 2.05) is 17.5 Å². The summed E-state index contributed by atoms with van der Waals surface area (Å²) >= 11 is 1.61. The Morgan fingerprint density at radius 3 is 2.82 bits per heavy atom. The van der Waals surface area contributed by atoms with Crippen molar-refractivity contribution < 1.29 is 4.79 Å². The first-order valence-corrected chi connectivity index (χ1v) is 10.4. The van der Waals surface area contributed by atoms with E-state index < -0.39 is 0 Å². The van der Waals surface area contributed by atoms with Gasteiger partial charge in [0.25, 0.3) is 5.91 Å². The van der Waals surface area contributed by atoms with E-state index in [9.17, 15) is 4.79 Å². The van der Waals surface area contributed by atoms with Crippen molar-refractivity contribution in [2.75, 3.05) is 18.0 Å². The lowest BCUT2D eigenvalue weighted by Crippen LogP contribution is -2.26. The molecule has 0 aliphatic carbocycles. The predicted molar refractivity (Wildman–Crippen MR) is 109 cm³/mol. The Kier molecular flexibility index (Phi) is 5.57. The second kappa shape index (κ2) is 8.43. The highest BCUT2D eigenvalue weighted by molar-refractivity contribution is 7.09. The van der Waals surface area contributed by atoms with Gasteiger partial charge in [0.1, 0.15) is 0 Å². The second-order valence-electron chi connectivity index (χ2n) is 6.64. The van der Waals surface area contributed by atoms with E-state index >= 15 is 0 Å². The Morgan fingerprint density at radius 2 is 2.11 bits per heavy atom. The number of carbonyl (C=O) groups excluding carboxylic acids is 1. The molecule has 144 valence electrons. The highest BCUT2D eigenvalue weighted by Gasteiger charge is 2.20. The molecular formula is C20H22N6OS. The van der Waals surface area contributed by atoms with E-state index in [2.05, 4.69) is 32.1 Å². The van der Waals surface area contributed by atoms with Gasteiger partial charge in [-0.3, -0.25) is 9.78 Å². The van der Waals surface area contributed by atoms with E-state index in [1.54, 1.807) is 29.9 Å². The first-order chi connectivity index (χ1) is 13.7. The molecular weight excluding hydrogens is 372 g/mol. The standard InChI is InChI=1S/C20H22N6OS/c1-2-17-24-15(13-28-17)11-22-19(27)16-12-23-20(26-8-3-4-9-26)25-18(16)14-6-5-7-21-10-14/h5-7,10,12-13H,2-4,8-9,11H2,1H3,(H,22,27). The van der Waals surface area contributed by atoms with E-state index in [0.717, 1.165) is 48.6 Å². The van der Waals surface area contributed by atoms with Crippen molar-refractivity contribution in [2.24, 2.45) is 0 Å². The molecule has 1 aliphatic heterocycles. The first-order valence-electron chi connectivity index (χ1n) is 9.48. The number of carbonyl (C=O) groups is 1. The van der Waals surface area contributed by atoms with Crippen molar-refractivity contribution in [1.29, 1.82) is 0 Å². The molecule has 4 rings (SSSR count). The molecule has 8 heteroatoms. The fourth-order valence-electron chi connectivity index (χ4n) is 3.19. The minimum absolute atomic E-state index is 0.210. The molecule has 0 radical (unpaired) electrons. The topological polar surface area (TPSA) is 83.9 Å². The van der Waals surface area contributed by atoms with Crippen LogP contribution in [0, 0.1) is 0 Å². The van der Waals surface area contributed by atoms with E-state index in [1.165, 1.54) is 0 Å². The number of rotatable bonds is 6. The quantitative estimate of drug-likeness (QED) is 0.692. The van der Waals surface area contributed by atoms with Crippen molar-refractivity contribution in [3.63, 3.8) is 0 Å². The zero-order valence-corrected chi connectivity index (χ0v) is 16.6. The maximum absolute atomic E-state index is 12.9. The van der Waals surface area contributed by atoms with Crippen LogP contribution in [0.3, 0.4) is 0 Å². The van der Waals surface area contributed by atoms with Crippen LogP contribution >= 0.6 is 11.3 Å². The smallest absolute Gasteiger partial charge is 0.255 e. The Balaban J connectivity index is 1.60. The Morgan fingerprint density at radius 1 is 1.25 bits per heavy atom. The molecule has 0 spiro atoms. The van der Waals surface area contributed by atoms with Gasteiger partial charge in [0.2, 0.25) is 5.95 Å². The van der Waals surface area contributed by atoms with Crippen LogP contribution in [0.5, 0.6) is 0 Å². The molecule has 0 unspecified atom stereocenters. The summed E-state index contributed by atoms with van der Waals surface area (Å²) in [7, 11) is 0. The number of hydrogen-bond donors (Lipinski definition) is 1. The lowest BCUT2D eigenvalue weighted by molar-refractivity contribution is 0.0950. The molecule has 3 aromatic rings. The zero-order valence-electron chi connectivity index (χ0n) is 15.8. The largest absolute Gasteiger partial charge is 0.346 e. The molecule has 0 bridgehead atoms. The van der Waals surface area contributed by atoms with Crippen LogP contribution in [0.1, 0.15) is 40.8 Å². The van der Waals surface area contributed by atoms with Crippen molar-refractivity contribution in [3.8, 4) is 11.3 Å². The maximum atomic E-state index is 12.9. The summed E-state index contributed by atoms with van der Waals surface area (Å²) in [4.78, 5) is 32.9. The number of anilines is 1. The number of hydrogen-bond acceptors (Lipinski definition) is 7. The normalized spacial score (nSPS) is 13.7. The molecule has 0 aromatic carbocycles. The number of nitrogens with zero attached hydrogens (tertiary/aromatic N) is 5. The van der Waals surface area contributed by atoms with Gasteiger partial charge in [-0.1, -0.05) is 6.92 Å². The first kappa shape index (κ1) is 18.5. The molecule has 3 aromatic heterocycles. The van der Waals surface area contributed by atoms with Crippen LogP contribution < -0.4 is 10.2 Å². The average molecular weight is 395 g/mol. The van der Waals surface area contributed by atoms with Gasteiger partial charge in [0.05, 0.1) is 28.5 Å². The van der Waals surface area contributed by atoms with Gasteiger partial charge in [0.15, 0.2) is 0 Å². The summed E-state index contributed by atoms with van der Waals surface area (Å²) in [6, 6.07) is 3.75. The molecule has 0 atom stereocenters. The van der Waals surface area contributed by atoms with Crippen LogP contribution in [0.25, 0.3) is 11.3 Å². The molecule has 7 nitrogen and oxygen atoms in total. The third-order valence-corrected chi connectivity index (χ3v) is 5.72. The zero-order chi connectivity index (χ0) is 19.3. The fourth-order valence-corrected chi connectivity index (χ4v) is 3.93. The lowest BCUT2D eigenvalue weighted by Gasteiger charge is -2.17. The highest BCUT2D eigenvalue weighted by atomic mass is 32.1. The molecule has 4 heterocycles. The molecule has 0 saturated carbocycles. The summed E-state index contributed by atoms with van der Waals surface area (Å²) in [5, 5.41) is 5.99. The minimum Gasteiger partial charge on any atom is -0.346 e. The summed E-state index contributed by atoms with van der Waals surface area (Å²) in [5.41, 5.74) is 2.72. The molecule has 1 aliphatic rings. The Labute approximate surface area is 167 Å². The summed E-state index contributed by atoms with van der Waals surface area (Å²) < 4.78 is 0. The summed E-state index contributed by atoms with van der Waals surface area (Å²) in [6.07, 6.45) is 8.23. The van der Waals surface area contributed by atoms with E-state index in [0.29, 0.717) is 23.8 Å². The number of pyridine rings is 1. The number of thiazole rings is 1. The Bertz CT molecular complexity index is 952. The van der Waals surface area contributed by atoms with Crippen molar-refractivity contribution >= 4 is 23.2 Å². The lowest BCUT2D eigenvalue weighted by atomic mass is 10.1. The number of amides is 1. The van der Waals surface area contributed by atoms with Crippen molar-refractivity contribution in [1.82, 2.24) is 25.3 Å². The van der Waals surface area contributed by atoms with Crippen LogP contribution in [-0.4, -0.2) is 38.9 Å². The van der Waals surface area contributed by atoms with Crippen LogP contribution in [-0.2, 0) is 13.0 Å². The summed E-state index contributed by atoms with van der Waals surface area (Å²) in [6.45, 7) is 4.35. The van der Waals surface area contributed by atoms with Gasteiger partial charge in [-0.15, -0.1) is 11.3 Å².